The Hall–Kier alpha value is -5.37. The molecule has 4 aromatic rings. The smallest absolute Gasteiger partial charge is 0.318 e. The zero-order valence-electron chi connectivity index (χ0n) is 30.7. The minimum absolute atomic E-state index is 0.0181. The minimum atomic E-state index is -0.487. The Morgan fingerprint density at radius 3 is 1.16 bits per heavy atom. The zero-order valence-corrected chi connectivity index (χ0v) is 30.7. The summed E-state index contributed by atoms with van der Waals surface area (Å²) in [5.41, 5.74) is 10.1. The Labute approximate surface area is 295 Å². The number of rotatable bonds is 12. The minimum Gasteiger partial charge on any atom is -0.318 e. The molecule has 0 radical (unpaired) electrons. The highest BCUT2D eigenvalue weighted by Crippen LogP contribution is 2.37. The van der Waals surface area contributed by atoms with E-state index in [1.165, 1.54) is 19.4 Å². The van der Waals surface area contributed by atoms with Gasteiger partial charge >= 0.3 is 11.9 Å². The summed E-state index contributed by atoms with van der Waals surface area (Å²) in [5.74, 6) is -0.215. The van der Waals surface area contributed by atoms with E-state index in [1.807, 2.05) is 72.8 Å². The van der Waals surface area contributed by atoms with Crippen molar-refractivity contribution in [1.82, 2.24) is 0 Å². The topological polar surface area (TPSA) is 97.6 Å². The highest BCUT2D eigenvalue weighted by molar-refractivity contribution is 6.11. The molecule has 8 heteroatoms. The number of carbonyl (C=O) groups is 3. The molecule has 0 saturated heterocycles. The van der Waals surface area contributed by atoms with Gasteiger partial charge in [0, 0.05) is 42.0 Å². The molecule has 0 N–H and O–H groups in total. The van der Waals surface area contributed by atoms with Crippen molar-refractivity contribution in [3.05, 3.63) is 124 Å². The van der Waals surface area contributed by atoms with Crippen LogP contribution in [0.25, 0.3) is 0 Å². The molecule has 8 nitrogen and oxygen atoms in total. The Kier molecular flexibility index (Phi) is 12.2. The first kappa shape index (κ1) is 37.4. The summed E-state index contributed by atoms with van der Waals surface area (Å²) in [7, 11) is 0. The fraction of sp³-hybridized carbons (Fsp3) is 0.310. The fourth-order valence-corrected chi connectivity index (χ4v) is 5.65. The number of anilines is 3. The van der Waals surface area contributed by atoms with Gasteiger partial charge in [-0.1, -0.05) is 88.3 Å². The maximum Gasteiger partial charge on any atom is 0.331 e. The summed E-state index contributed by atoms with van der Waals surface area (Å²) in [6.45, 7) is 19.1. The van der Waals surface area contributed by atoms with Gasteiger partial charge in [0.15, 0.2) is 5.78 Å². The van der Waals surface area contributed by atoms with E-state index < -0.39 is 11.9 Å². The summed E-state index contributed by atoms with van der Waals surface area (Å²) in [4.78, 5) is 48.5. The lowest BCUT2D eigenvalue weighted by Crippen LogP contribution is -2.14. The van der Waals surface area contributed by atoms with Crippen LogP contribution in [0.4, 0.5) is 17.1 Å². The number of oxime groups is 2. The third-order valence-corrected chi connectivity index (χ3v) is 8.46. The number of ketones is 1. The number of hydrogen-bond acceptors (Lipinski definition) is 8. The second kappa shape index (κ2) is 16.4. The van der Waals surface area contributed by atoms with Crippen LogP contribution < -0.4 is 4.90 Å². The first-order valence-electron chi connectivity index (χ1n) is 17.0. The molecule has 260 valence electrons. The van der Waals surface area contributed by atoms with E-state index in [1.54, 1.807) is 13.8 Å². The Morgan fingerprint density at radius 1 is 0.520 bits per heavy atom. The van der Waals surface area contributed by atoms with Gasteiger partial charge in [-0.05, 0) is 108 Å². The molecule has 0 aliphatic rings. The normalized spacial score (nSPS) is 12.0. The zero-order chi connectivity index (χ0) is 36.7. The molecule has 50 heavy (non-hydrogen) atoms. The van der Waals surface area contributed by atoms with Gasteiger partial charge in [-0.2, -0.15) is 0 Å². The fourth-order valence-electron chi connectivity index (χ4n) is 5.65. The third kappa shape index (κ3) is 8.99. The van der Waals surface area contributed by atoms with Gasteiger partial charge in [-0.25, -0.2) is 9.59 Å². The monoisotopic (exact) mass is 673 g/mol. The van der Waals surface area contributed by atoms with Crippen molar-refractivity contribution in [3.8, 4) is 0 Å². The maximum atomic E-state index is 14.3. The molecule has 0 saturated carbocycles. The molecule has 4 rings (SSSR count). The van der Waals surface area contributed by atoms with Gasteiger partial charge in [-0.15, -0.1) is 0 Å². The SMILES string of the molecule is CC(=O)ON=C(C)c1ccc(N(c2ccc(C(=O)c3c(C(C)C)cc(C(C)C)cc3C(C)C)cc2)c2ccc(/C(C)=N\OC(C)=O)cc2)cc1. The molecule has 0 fully saturated rings. The Balaban J connectivity index is 1.78. The maximum absolute atomic E-state index is 14.3. The second-order valence-corrected chi connectivity index (χ2v) is 13.4. The summed E-state index contributed by atoms with van der Waals surface area (Å²) >= 11 is 0. The van der Waals surface area contributed by atoms with Crippen molar-refractivity contribution < 1.29 is 24.1 Å². The van der Waals surface area contributed by atoms with Crippen molar-refractivity contribution in [2.24, 2.45) is 10.3 Å². The van der Waals surface area contributed by atoms with Crippen LogP contribution >= 0.6 is 0 Å². The van der Waals surface area contributed by atoms with E-state index >= 15 is 0 Å². The van der Waals surface area contributed by atoms with Crippen molar-refractivity contribution in [2.45, 2.75) is 87.0 Å². The van der Waals surface area contributed by atoms with Crippen molar-refractivity contribution in [2.75, 3.05) is 4.90 Å². The van der Waals surface area contributed by atoms with Gasteiger partial charge in [0.1, 0.15) is 0 Å². The van der Waals surface area contributed by atoms with Gasteiger partial charge in [-0.3, -0.25) is 4.79 Å². The van der Waals surface area contributed by atoms with Crippen LogP contribution in [-0.4, -0.2) is 29.1 Å². The lowest BCUT2D eigenvalue weighted by atomic mass is 9.81. The lowest BCUT2D eigenvalue weighted by Gasteiger charge is -2.26. The Bertz CT molecular complexity index is 1800. The molecule has 0 heterocycles. The molecule has 0 atom stereocenters. The molecule has 4 aromatic carbocycles. The van der Waals surface area contributed by atoms with Gasteiger partial charge in [0.05, 0.1) is 11.4 Å². The standard InChI is InChI=1S/C42H47N3O5/c1-25(2)35-23-39(26(3)4)41(40(24-35)27(5)6)42(48)34-15-21-38(22-16-34)45(36-17-11-32(12-18-36)28(7)43-49-30(9)46)37-19-13-33(14-20-37)29(8)44-50-31(10)47/h11-27H,1-10H3/b43-28-,44-29?. The largest absolute Gasteiger partial charge is 0.331 e. The van der Waals surface area contributed by atoms with Crippen LogP contribution in [0.2, 0.25) is 0 Å². The van der Waals surface area contributed by atoms with Gasteiger partial charge < -0.3 is 14.6 Å². The molecule has 0 unspecified atom stereocenters. The second-order valence-electron chi connectivity index (χ2n) is 13.4. The highest BCUT2D eigenvalue weighted by atomic mass is 16.7. The van der Waals surface area contributed by atoms with E-state index in [4.69, 9.17) is 9.68 Å². The van der Waals surface area contributed by atoms with Crippen LogP contribution in [0.5, 0.6) is 0 Å². The summed E-state index contributed by atoms with van der Waals surface area (Å²) in [5, 5.41) is 7.83. The average molecular weight is 674 g/mol. The van der Waals surface area contributed by atoms with E-state index in [0.717, 1.165) is 44.9 Å². The van der Waals surface area contributed by atoms with Gasteiger partial charge in [0.25, 0.3) is 0 Å². The predicted octanol–water partition coefficient (Wildman–Crippen LogP) is 10.3. The average Bonchev–Trinajstić information content (AvgIpc) is 3.09. The van der Waals surface area contributed by atoms with Crippen molar-refractivity contribution in [3.63, 3.8) is 0 Å². The molecule has 0 bridgehead atoms. The third-order valence-electron chi connectivity index (χ3n) is 8.46. The van der Waals surface area contributed by atoms with Gasteiger partial charge in [0.2, 0.25) is 0 Å². The van der Waals surface area contributed by atoms with Crippen LogP contribution in [0.1, 0.15) is 131 Å². The van der Waals surface area contributed by atoms with Crippen LogP contribution in [0, 0.1) is 0 Å². The summed E-state index contributed by atoms with van der Waals surface area (Å²) in [6.07, 6.45) is 0. The van der Waals surface area contributed by atoms with Crippen molar-refractivity contribution in [1.29, 1.82) is 0 Å². The molecular weight excluding hydrogens is 626 g/mol. The molecule has 0 amide bonds. The Morgan fingerprint density at radius 2 is 0.860 bits per heavy atom. The molecule has 0 aliphatic carbocycles. The summed E-state index contributed by atoms with van der Waals surface area (Å²) in [6, 6.07) is 27.6. The molecule has 0 aliphatic heterocycles. The van der Waals surface area contributed by atoms with Crippen LogP contribution in [-0.2, 0) is 19.3 Å². The van der Waals surface area contributed by atoms with E-state index in [2.05, 4.69) is 68.9 Å². The number of hydrogen-bond donors (Lipinski definition) is 0. The highest BCUT2D eigenvalue weighted by Gasteiger charge is 2.24. The predicted molar refractivity (Wildman–Crippen MR) is 201 cm³/mol. The molecule has 0 spiro atoms. The van der Waals surface area contributed by atoms with Crippen LogP contribution in [0.3, 0.4) is 0 Å². The first-order chi connectivity index (χ1) is 23.7. The quantitative estimate of drug-likeness (QED) is 0.0642. The lowest BCUT2D eigenvalue weighted by molar-refractivity contribution is -0.141. The van der Waals surface area contributed by atoms with Crippen molar-refractivity contribution >= 4 is 46.2 Å². The van der Waals surface area contributed by atoms with E-state index in [-0.39, 0.29) is 17.6 Å². The number of nitrogens with zero attached hydrogens (tertiary/aromatic N) is 3. The number of benzene rings is 4. The van der Waals surface area contributed by atoms with Crippen LogP contribution in [0.15, 0.2) is 95.2 Å². The van der Waals surface area contributed by atoms with E-state index in [9.17, 15) is 14.4 Å². The molecular formula is C42H47N3O5. The van der Waals surface area contributed by atoms with E-state index in [0.29, 0.717) is 22.9 Å². The first-order valence-corrected chi connectivity index (χ1v) is 17.0. The summed E-state index contributed by atoms with van der Waals surface area (Å²) < 4.78 is 0. The number of carbonyl (C=O) groups excluding carboxylic acids is 3. The molecule has 0 aromatic heterocycles.